The van der Waals surface area contributed by atoms with Crippen molar-refractivity contribution in [3.8, 4) is 0 Å². The van der Waals surface area contributed by atoms with E-state index in [0.717, 1.165) is 16.8 Å². The van der Waals surface area contributed by atoms with Gasteiger partial charge in [-0.1, -0.05) is 6.07 Å². The summed E-state index contributed by atoms with van der Waals surface area (Å²) in [7, 11) is 0. The second-order valence-corrected chi connectivity index (χ2v) is 4.37. The van der Waals surface area contributed by atoms with Crippen LogP contribution in [-0.4, -0.2) is 16.1 Å². The number of aromatic carboxylic acids is 1. The molecule has 0 bridgehead atoms. The van der Waals surface area contributed by atoms with E-state index in [4.69, 9.17) is 9.52 Å². The third-order valence-corrected chi connectivity index (χ3v) is 2.96. The van der Waals surface area contributed by atoms with Crippen LogP contribution >= 0.6 is 0 Å². The standard InChI is InChI=1S/C14H16N2O3/c1-9-4-3-5-16-12(9)8-15-7-11-6-13(14(17)18)19-10(11)2/h3-6,15H,7-8H2,1-2H3,(H,17,18). The molecule has 5 heteroatoms. The van der Waals surface area contributed by atoms with Gasteiger partial charge in [0.25, 0.3) is 0 Å². The number of carboxylic acid groups (broad SMARTS) is 1. The van der Waals surface area contributed by atoms with E-state index < -0.39 is 5.97 Å². The van der Waals surface area contributed by atoms with Crippen LogP contribution in [0, 0.1) is 13.8 Å². The van der Waals surface area contributed by atoms with Crippen LogP contribution in [0.4, 0.5) is 0 Å². The van der Waals surface area contributed by atoms with Gasteiger partial charge in [-0.25, -0.2) is 4.79 Å². The van der Waals surface area contributed by atoms with Crippen molar-refractivity contribution in [1.82, 2.24) is 10.3 Å². The van der Waals surface area contributed by atoms with Gasteiger partial charge in [0.1, 0.15) is 5.76 Å². The monoisotopic (exact) mass is 260 g/mol. The Balaban J connectivity index is 1.96. The number of carboxylic acids is 1. The van der Waals surface area contributed by atoms with Crippen molar-refractivity contribution >= 4 is 5.97 Å². The molecule has 0 aliphatic heterocycles. The molecule has 0 fully saturated rings. The topological polar surface area (TPSA) is 75.4 Å². The lowest BCUT2D eigenvalue weighted by Gasteiger charge is -2.05. The first-order valence-corrected chi connectivity index (χ1v) is 6.01. The van der Waals surface area contributed by atoms with E-state index in [1.165, 1.54) is 0 Å². The van der Waals surface area contributed by atoms with Gasteiger partial charge in [-0.3, -0.25) is 4.98 Å². The Hall–Kier alpha value is -2.14. The highest BCUT2D eigenvalue weighted by atomic mass is 16.4. The van der Waals surface area contributed by atoms with Gasteiger partial charge in [0.05, 0.1) is 5.69 Å². The number of pyridine rings is 1. The Morgan fingerprint density at radius 3 is 2.84 bits per heavy atom. The molecule has 2 aromatic rings. The highest BCUT2D eigenvalue weighted by Crippen LogP contribution is 2.14. The van der Waals surface area contributed by atoms with Gasteiger partial charge in [0.2, 0.25) is 5.76 Å². The molecule has 100 valence electrons. The Bertz CT molecular complexity index is 590. The quantitative estimate of drug-likeness (QED) is 0.862. The number of aryl methyl sites for hydroxylation is 2. The summed E-state index contributed by atoms with van der Waals surface area (Å²) < 4.78 is 5.15. The molecule has 0 unspecified atom stereocenters. The first kappa shape index (κ1) is 13.3. The fourth-order valence-corrected chi connectivity index (χ4v) is 1.82. The zero-order valence-electron chi connectivity index (χ0n) is 10.9. The average molecular weight is 260 g/mol. The molecule has 0 saturated carbocycles. The number of rotatable bonds is 5. The van der Waals surface area contributed by atoms with Gasteiger partial charge in [0, 0.05) is 24.8 Å². The molecule has 0 aromatic carbocycles. The van der Waals surface area contributed by atoms with Crippen molar-refractivity contribution in [2.45, 2.75) is 26.9 Å². The number of aromatic nitrogens is 1. The fraction of sp³-hybridized carbons (Fsp3) is 0.286. The predicted molar refractivity (Wildman–Crippen MR) is 69.9 cm³/mol. The third kappa shape index (κ3) is 3.20. The van der Waals surface area contributed by atoms with Crippen LogP contribution in [0.3, 0.4) is 0 Å². The molecule has 0 spiro atoms. The van der Waals surface area contributed by atoms with Crippen LogP contribution in [-0.2, 0) is 13.1 Å². The van der Waals surface area contributed by atoms with E-state index in [-0.39, 0.29) is 5.76 Å². The van der Waals surface area contributed by atoms with Crippen LogP contribution in [0.2, 0.25) is 0 Å². The maximum Gasteiger partial charge on any atom is 0.371 e. The summed E-state index contributed by atoms with van der Waals surface area (Å²) in [6, 6.07) is 5.46. The van der Waals surface area contributed by atoms with Crippen molar-refractivity contribution < 1.29 is 14.3 Å². The highest BCUT2D eigenvalue weighted by molar-refractivity contribution is 5.84. The second kappa shape index (κ2) is 5.67. The molecule has 2 aromatic heterocycles. The fourth-order valence-electron chi connectivity index (χ4n) is 1.82. The lowest BCUT2D eigenvalue weighted by molar-refractivity contribution is 0.0661. The van der Waals surface area contributed by atoms with Gasteiger partial charge < -0.3 is 14.8 Å². The van der Waals surface area contributed by atoms with Gasteiger partial charge in [-0.05, 0) is 31.5 Å². The highest BCUT2D eigenvalue weighted by Gasteiger charge is 2.12. The van der Waals surface area contributed by atoms with Crippen LogP contribution in [0.15, 0.2) is 28.8 Å². The van der Waals surface area contributed by atoms with Gasteiger partial charge in [-0.15, -0.1) is 0 Å². The number of hydrogen-bond donors (Lipinski definition) is 2. The van der Waals surface area contributed by atoms with Gasteiger partial charge in [-0.2, -0.15) is 0 Å². The lowest BCUT2D eigenvalue weighted by Crippen LogP contribution is -2.14. The van der Waals surface area contributed by atoms with E-state index in [2.05, 4.69) is 10.3 Å². The molecule has 0 amide bonds. The molecule has 0 aliphatic rings. The van der Waals surface area contributed by atoms with E-state index >= 15 is 0 Å². The largest absolute Gasteiger partial charge is 0.475 e. The number of nitrogens with one attached hydrogen (secondary N) is 1. The first-order chi connectivity index (χ1) is 9.08. The molecule has 0 atom stereocenters. The summed E-state index contributed by atoms with van der Waals surface area (Å²) in [6.07, 6.45) is 1.76. The summed E-state index contributed by atoms with van der Waals surface area (Å²) in [6.45, 7) is 4.96. The minimum atomic E-state index is -1.05. The summed E-state index contributed by atoms with van der Waals surface area (Å²) in [4.78, 5) is 15.1. The Morgan fingerprint density at radius 1 is 1.42 bits per heavy atom. The van der Waals surface area contributed by atoms with Crippen molar-refractivity contribution in [3.05, 3.63) is 52.7 Å². The maximum atomic E-state index is 10.8. The molecule has 19 heavy (non-hydrogen) atoms. The molecule has 5 nitrogen and oxygen atoms in total. The minimum absolute atomic E-state index is 0.0247. The molecule has 2 rings (SSSR count). The number of carbonyl (C=O) groups is 1. The van der Waals surface area contributed by atoms with Gasteiger partial charge >= 0.3 is 5.97 Å². The molecule has 0 radical (unpaired) electrons. The summed E-state index contributed by atoms with van der Waals surface area (Å²) >= 11 is 0. The summed E-state index contributed by atoms with van der Waals surface area (Å²) in [5.74, 6) is -0.444. The molecular formula is C14H16N2O3. The minimum Gasteiger partial charge on any atom is -0.475 e. The van der Waals surface area contributed by atoms with E-state index in [9.17, 15) is 4.79 Å². The number of nitrogens with zero attached hydrogens (tertiary/aromatic N) is 1. The van der Waals surface area contributed by atoms with Crippen molar-refractivity contribution in [1.29, 1.82) is 0 Å². The molecule has 2 heterocycles. The number of hydrogen-bond acceptors (Lipinski definition) is 4. The third-order valence-electron chi connectivity index (χ3n) is 2.96. The van der Waals surface area contributed by atoms with Crippen molar-refractivity contribution in [3.63, 3.8) is 0 Å². The van der Waals surface area contributed by atoms with Crippen molar-refractivity contribution in [2.24, 2.45) is 0 Å². The maximum absolute atomic E-state index is 10.8. The van der Waals surface area contributed by atoms with Gasteiger partial charge in [0.15, 0.2) is 0 Å². The van der Waals surface area contributed by atoms with Crippen LogP contribution in [0.25, 0.3) is 0 Å². The molecule has 0 aliphatic carbocycles. The lowest BCUT2D eigenvalue weighted by atomic mass is 10.2. The van der Waals surface area contributed by atoms with E-state index in [1.54, 1.807) is 19.2 Å². The number of furan rings is 1. The second-order valence-electron chi connectivity index (χ2n) is 4.37. The Morgan fingerprint density at radius 2 is 2.21 bits per heavy atom. The molecule has 0 saturated heterocycles. The summed E-state index contributed by atoms with van der Waals surface area (Å²) in [5.41, 5.74) is 2.97. The van der Waals surface area contributed by atoms with Crippen molar-refractivity contribution in [2.75, 3.05) is 0 Å². The van der Waals surface area contributed by atoms with E-state index in [0.29, 0.717) is 18.8 Å². The smallest absolute Gasteiger partial charge is 0.371 e. The molecule has 2 N–H and O–H groups in total. The molecular weight excluding hydrogens is 244 g/mol. The zero-order chi connectivity index (χ0) is 13.8. The average Bonchev–Trinajstić information content (AvgIpc) is 2.74. The SMILES string of the molecule is Cc1cccnc1CNCc1cc(C(=O)O)oc1C. The normalized spacial score (nSPS) is 10.6. The zero-order valence-corrected chi connectivity index (χ0v) is 10.9. The van der Waals surface area contributed by atoms with Crippen LogP contribution in [0.1, 0.15) is 33.1 Å². The van der Waals surface area contributed by atoms with Crippen LogP contribution < -0.4 is 5.32 Å². The van der Waals surface area contributed by atoms with Crippen LogP contribution in [0.5, 0.6) is 0 Å². The predicted octanol–water partition coefficient (Wildman–Crippen LogP) is 2.28. The Labute approximate surface area is 111 Å². The van der Waals surface area contributed by atoms with E-state index in [1.807, 2.05) is 19.1 Å². The summed E-state index contributed by atoms with van der Waals surface area (Å²) in [5, 5.41) is 12.1. The Kier molecular flexibility index (Phi) is 3.97. The first-order valence-electron chi connectivity index (χ1n) is 6.01.